The average Bonchev–Trinajstić information content (AvgIpc) is 2.14. The van der Waals surface area contributed by atoms with Gasteiger partial charge in [0.25, 0.3) is 5.91 Å². The quantitative estimate of drug-likeness (QED) is 0.607. The van der Waals surface area contributed by atoms with Crippen molar-refractivity contribution in [3.8, 4) is 0 Å². The molecule has 0 heterocycles. The molecule has 0 saturated carbocycles. The maximum absolute atomic E-state index is 11.3. The number of carbonyl (C=O) groups excluding carboxylic acids is 1. The zero-order valence-electron chi connectivity index (χ0n) is 9.34. The van der Waals surface area contributed by atoms with E-state index in [1.165, 1.54) is 0 Å². The molecule has 4 nitrogen and oxygen atoms in total. The predicted octanol–water partition coefficient (Wildman–Crippen LogP) is 1.43. The van der Waals surface area contributed by atoms with Gasteiger partial charge < -0.3 is 15.2 Å². The van der Waals surface area contributed by atoms with Crippen LogP contribution < -0.4 is 5.73 Å². The van der Waals surface area contributed by atoms with Crippen molar-refractivity contribution in [3.63, 3.8) is 0 Å². The van der Waals surface area contributed by atoms with E-state index in [-0.39, 0.29) is 0 Å². The third-order valence-corrected chi connectivity index (χ3v) is 1.99. The van der Waals surface area contributed by atoms with Crippen LogP contribution in [0.25, 0.3) is 0 Å². The van der Waals surface area contributed by atoms with Crippen LogP contribution in [0.5, 0.6) is 0 Å². The molecule has 0 spiro atoms. The number of amides is 1. The molecule has 0 aliphatic carbocycles. The Morgan fingerprint density at radius 1 is 1.21 bits per heavy atom. The normalized spacial score (nSPS) is 11.6. The Bertz CT molecular complexity index is 165. The topological polar surface area (TPSA) is 61.6 Å². The molecule has 0 aliphatic heterocycles. The zero-order valence-corrected chi connectivity index (χ0v) is 9.34. The second kappa shape index (κ2) is 6.79. The van der Waals surface area contributed by atoms with E-state index in [0.717, 1.165) is 12.8 Å². The summed E-state index contributed by atoms with van der Waals surface area (Å²) in [5.74, 6) is -1.74. The molecule has 0 unspecified atom stereocenters. The second-order valence-electron chi connectivity index (χ2n) is 3.09. The maximum atomic E-state index is 11.3. The van der Waals surface area contributed by atoms with Crippen LogP contribution in [0.1, 0.15) is 40.0 Å². The van der Waals surface area contributed by atoms with Gasteiger partial charge in [0.15, 0.2) is 0 Å². The van der Waals surface area contributed by atoms with Crippen molar-refractivity contribution in [2.24, 2.45) is 5.73 Å². The molecule has 0 fully saturated rings. The lowest BCUT2D eigenvalue weighted by Crippen LogP contribution is -2.48. The monoisotopic (exact) mass is 203 g/mol. The molecule has 0 saturated heterocycles. The van der Waals surface area contributed by atoms with Gasteiger partial charge in [-0.1, -0.05) is 13.3 Å². The molecule has 0 rings (SSSR count). The number of primary amides is 1. The largest absolute Gasteiger partial charge is 0.365 e. The molecule has 0 bridgehead atoms. The molecule has 0 atom stereocenters. The molecule has 2 N–H and O–H groups in total. The fourth-order valence-electron chi connectivity index (χ4n) is 1.33. The summed E-state index contributed by atoms with van der Waals surface area (Å²) in [6.07, 6.45) is 2.37. The van der Waals surface area contributed by atoms with Crippen LogP contribution in [-0.2, 0) is 14.3 Å². The number of hydrogen-bond donors (Lipinski definition) is 1. The minimum atomic E-state index is -1.21. The highest BCUT2D eigenvalue weighted by molar-refractivity contribution is 5.81. The Morgan fingerprint density at radius 2 is 1.71 bits per heavy atom. The van der Waals surface area contributed by atoms with Crippen molar-refractivity contribution < 1.29 is 14.3 Å². The van der Waals surface area contributed by atoms with Crippen molar-refractivity contribution in [2.75, 3.05) is 13.2 Å². The SMILES string of the molecule is CCCCC(OCC)(OCC)C(N)=O. The van der Waals surface area contributed by atoms with E-state index >= 15 is 0 Å². The first-order valence-corrected chi connectivity index (χ1v) is 5.20. The smallest absolute Gasteiger partial charge is 0.277 e. The lowest BCUT2D eigenvalue weighted by Gasteiger charge is -2.29. The molecule has 0 aromatic heterocycles. The van der Waals surface area contributed by atoms with Crippen LogP contribution in [0.2, 0.25) is 0 Å². The van der Waals surface area contributed by atoms with Gasteiger partial charge in [-0.15, -0.1) is 0 Å². The van der Waals surface area contributed by atoms with Crippen molar-refractivity contribution in [2.45, 2.75) is 45.8 Å². The third-order valence-electron chi connectivity index (χ3n) is 1.99. The van der Waals surface area contributed by atoms with E-state index < -0.39 is 11.7 Å². The summed E-state index contributed by atoms with van der Waals surface area (Å²) in [6.45, 7) is 6.54. The Labute approximate surface area is 85.8 Å². The van der Waals surface area contributed by atoms with Gasteiger partial charge in [-0.3, -0.25) is 4.79 Å². The summed E-state index contributed by atoms with van der Waals surface area (Å²) in [5.41, 5.74) is 5.30. The van der Waals surface area contributed by atoms with E-state index in [9.17, 15) is 4.79 Å². The maximum Gasteiger partial charge on any atom is 0.277 e. The number of ether oxygens (including phenoxy) is 2. The molecular formula is C10H21NO3. The van der Waals surface area contributed by atoms with E-state index in [1.54, 1.807) is 0 Å². The van der Waals surface area contributed by atoms with Gasteiger partial charge >= 0.3 is 0 Å². The van der Waals surface area contributed by atoms with Gasteiger partial charge in [-0.25, -0.2) is 0 Å². The van der Waals surface area contributed by atoms with Gasteiger partial charge in [0, 0.05) is 19.6 Å². The summed E-state index contributed by atoms with van der Waals surface area (Å²) in [5, 5.41) is 0. The standard InChI is InChI=1S/C10H21NO3/c1-4-7-8-10(9(11)12,13-5-2)14-6-3/h4-8H2,1-3H3,(H2,11,12). The summed E-state index contributed by atoms with van der Waals surface area (Å²) in [6, 6.07) is 0. The number of nitrogens with two attached hydrogens (primary N) is 1. The van der Waals surface area contributed by atoms with Crippen molar-refractivity contribution >= 4 is 5.91 Å². The molecule has 0 radical (unpaired) electrons. The van der Waals surface area contributed by atoms with E-state index in [0.29, 0.717) is 19.6 Å². The van der Waals surface area contributed by atoms with Gasteiger partial charge in [0.2, 0.25) is 5.79 Å². The Balaban J connectivity index is 4.46. The fourth-order valence-corrected chi connectivity index (χ4v) is 1.33. The number of carbonyl (C=O) groups is 1. The molecule has 84 valence electrons. The van der Waals surface area contributed by atoms with Crippen molar-refractivity contribution in [1.82, 2.24) is 0 Å². The van der Waals surface area contributed by atoms with Crippen LogP contribution in [0.15, 0.2) is 0 Å². The first-order chi connectivity index (χ1) is 6.63. The highest BCUT2D eigenvalue weighted by atomic mass is 16.7. The summed E-state index contributed by atoms with van der Waals surface area (Å²) >= 11 is 0. The van der Waals surface area contributed by atoms with Gasteiger partial charge in [-0.05, 0) is 20.3 Å². The molecule has 0 aromatic rings. The molecule has 4 heteroatoms. The number of hydrogen-bond acceptors (Lipinski definition) is 3. The van der Waals surface area contributed by atoms with E-state index in [2.05, 4.69) is 0 Å². The lowest BCUT2D eigenvalue weighted by molar-refractivity contribution is -0.228. The Kier molecular flexibility index (Phi) is 6.49. The summed E-state index contributed by atoms with van der Waals surface area (Å²) in [7, 11) is 0. The van der Waals surface area contributed by atoms with E-state index in [1.807, 2.05) is 20.8 Å². The first-order valence-electron chi connectivity index (χ1n) is 5.20. The molecule has 0 aliphatic rings. The Morgan fingerprint density at radius 3 is 2.00 bits per heavy atom. The molecule has 1 amide bonds. The van der Waals surface area contributed by atoms with Gasteiger partial charge in [0.1, 0.15) is 0 Å². The van der Waals surface area contributed by atoms with Crippen LogP contribution in [0, 0.1) is 0 Å². The minimum Gasteiger partial charge on any atom is -0.365 e. The van der Waals surface area contributed by atoms with Crippen molar-refractivity contribution in [1.29, 1.82) is 0 Å². The average molecular weight is 203 g/mol. The second-order valence-corrected chi connectivity index (χ2v) is 3.09. The summed E-state index contributed by atoms with van der Waals surface area (Å²) in [4.78, 5) is 11.3. The zero-order chi connectivity index (χ0) is 11.0. The highest BCUT2D eigenvalue weighted by Crippen LogP contribution is 2.20. The van der Waals surface area contributed by atoms with Crippen molar-refractivity contribution in [3.05, 3.63) is 0 Å². The van der Waals surface area contributed by atoms with Crippen LogP contribution >= 0.6 is 0 Å². The van der Waals surface area contributed by atoms with Crippen LogP contribution in [0.3, 0.4) is 0 Å². The minimum absolute atomic E-state index is 0.423. The fraction of sp³-hybridized carbons (Fsp3) is 0.900. The van der Waals surface area contributed by atoms with Gasteiger partial charge in [0.05, 0.1) is 0 Å². The Hall–Kier alpha value is -0.610. The molecule has 14 heavy (non-hydrogen) atoms. The van der Waals surface area contributed by atoms with Crippen LogP contribution in [-0.4, -0.2) is 24.9 Å². The highest BCUT2D eigenvalue weighted by Gasteiger charge is 2.37. The van der Waals surface area contributed by atoms with Crippen LogP contribution in [0.4, 0.5) is 0 Å². The summed E-state index contributed by atoms with van der Waals surface area (Å²) < 4.78 is 10.7. The molecule has 0 aromatic carbocycles. The predicted molar refractivity (Wildman–Crippen MR) is 54.7 cm³/mol. The molecular weight excluding hydrogens is 182 g/mol. The third kappa shape index (κ3) is 3.64. The number of unbranched alkanes of at least 4 members (excludes halogenated alkanes) is 1. The lowest BCUT2D eigenvalue weighted by atomic mass is 10.1. The first kappa shape index (κ1) is 13.4. The van der Waals surface area contributed by atoms with E-state index in [4.69, 9.17) is 15.2 Å². The number of rotatable bonds is 8. The van der Waals surface area contributed by atoms with Gasteiger partial charge in [-0.2, -0.15) is 0 Å².